The number of fused-ring (bicyclic) bond motifs is 5. The highest BCUT2D eigenvalue weighted by molar-refractivity contribution is 14.1. The van der Waals surface area contributed by atoms with Crippen LogP contribution in [0, 0.1) is 3.57 Å². The van der Waals surface area contributed by atoms with Crippen molar-refractivity contribution in [2.24, 2.45) is 0 Å². The van der Waals surface area contributed by atoms with Gasteiger partial charge in [0.1, 0.15) is 0 Å². The molecule has 0 spiro atoms. The Morgan fingerprint density at radius 3 is 2.05 bits per heavy atom. The highest BCUT2D eigenvalue weighted by atomic mass is 127. The van der Waals surface area contributed by atoms with Gasteiger partial charge in [0.15, 0.2) is 0 Å². The second kappa shape index (κ2) is 4.20. The molecular weight excluding hydrogens is 343 g/mol. The van der Waals surface area contributed by atoms with Crippen LogP contribution in [-0.4, -0.2) is 0 Å². The van der Waals surface area contributed by atoms with E-state index in [1.54, 1.807) is 0 Å². The van der Waals surface area contributed by atoms with Crippen molar-refractivity contribution in [3.63, 3.8) is 0 Å². The Labute approximate surface area is 125 Å². The van der Waals surface area contributed by atoms with E-state index >= 15 is 0 Å². The molecular formula is C18H11I. The molecule has 0 aliphatic rings. The van der Waals surface area contributed by atoms with Gasteiger partial charge in [-0.05, 0) is 61.0 Å². The Morgan fingerprint density at radius 1 is 0.579 bits per heavy atom. The van der Waals surface area contributed by atoms with Gasteiger partial charge in [0, 0.05) is 3.57 Å². The standard InChI is InChI=1S/C18H11I/c19-17-11-13-10-9-12-5-1-2-6-14(12)18(13)16-8-4-3-7-15(16)17/h1-11H. The van der Waals surface area contributed by atoms with E-state index in [0.717, 1.165) is 0 Å². The van der Waals surface area contributed by atoms with E-state index in [1.807, 2.05) is 0 Å². The molecule has 4 rings (SSSR count). The Hall–Kier alpha value is -1.61. The van der Waals surface area contributed by atoms with Crippen molar-refractivity contribution in [2.45, 2.75) is 0 Å². The Kier molecular flexibility index (Phi) is 2.49. The molecule has 0 nitrogen and oxygen atoms in total. The predicted molar refractivity (Wildman–Crippen MR) is 91.7 cm³/mol. The fourth-order valence-electron chi connectivity index (χ4n) is 2.83. The summed E-state index contributed by atoms with van der Waals surface area (Å²) in [5.41, 5.74) is 0. The van der Waals surface area contributed by atoms with Crippen molar-refractivity contribution >= 4 is 54.9 Å². The van der Waals surface area contributed by atoms with Gasteiger partial charge in [-0.2, -0.15) is 0 Å². The second-order valence-corrected chi connectivity index (χ2v) is 5.95. The lowest BCUT2D eigenvalue weighted by Crippen LogP contribution is -1.83. The minimum atomic E-state index is 1.31. The van der Waals surface area contributed by atoms with Gasteiger partial charge in [0.05, 0.1) is 0 Å². The van der Waals surface area contributed by atoms with Crippen LogP contribution in [0.4, 0.5) is 0 Å². The van der Waals surface area contributed by atoms with Crippen molar-refractivity contribution in [3.8, 4) is 0 Å². The van der Waals surface area contributed by atoms with Crippen LogP contribution in [0.1, 0.15) is 0 Å². The van der Waals surface area contributed by atoms with Crippen LogP contribution in [0.5, 0.6) is 0 Å². The van der Waals surface area contributed by atoms with E-state index in [1.165, 1.54) is 35.9 Å². The largest absolute Gasteiger partial charge is 0.0616 e. The van der Waals surface area contributed by atoms with Gasteiger partial charge in [-0.15, -0.1) is 0 Å². The third-order valence-corrected chi connectivity index (χ3v) is 4.59. The molecule has 0 aliphatic carbocycles. The zero-order chi connectivity index (χ0) is 12.8. The van der Waals surface area contributed by atoms with Crippen molar-refractivity contribution in [1.29, 1.82) is 0 Å². The summed E-state index contributed by atoms with van der Waals surface area (Å²) >= 11 is 2.43. The van der Waals surface area contributed by atoms with Gasteiger partial charge in [0.2, 0.25) is 0 Å². The zero-order valence-electron chi connectivity index (χ0n) is 10.2. The fourth-order valence-corrected chi connectivity index (χ4v) is 3.64. The highest BCUT2D eigenvalue weighted by Gasteiger charge is 2.07. The number of rotatable bonds is 0. The lowest BCUT2D eigenvalue weighted by molar-refractivity contribution is 1.74. The molecule has 0 aromatic heterocycles. The molecule has 0 aliphatic heterocycles. The molecule has 4 aromatic carbocycles. The molecule has 0 fully saturated rings. The maximum Gasteiger partial charge on any atom is 0.0215 e. The molecule has 0 saturated carbocycles. The Bertz CT molecular complexity index is 922. The minimum absolute atomic E-state index is 1.31. The summed E-state index contributed by atoms with van der Waals surface area (Å²) in [5, 5.41) is 8.03. The van der Waals surface area contributed by atoms with Crippen LogP contribution in [-0.2, 0) is 0 Å². The first-order chi connectivity index (χ1) is 9.34. The van der Waals surface area contributed by atoms with Crippen LogP contribution in [0.15, 0.2) is 66.7 Å². The number of halogens is 1. The zero-order valence-corrected chi connectivity index (χ0v) is 12.4. The van der Waals surface area contributed by atoms with Crippen molar-refractivity contribution in [2.75, 3.05) is 0 Å². The molecule has 90 valence electrons. The SMILES string of the molecule is Ic1cc2ccc3ccccc3c2c2ccccc12. The van der Waals surface area contributed by atoms with Crippen molar-refractivity contribution in [3.05, 3.63) is 70.3 Å². The molecule has 0 amide bonds. The predicted octanol–water partition coefficient (Wildman–Crippen LogP) is 5.75. The van der Waals surface area contributed by atoms with Gasteiger partial charge in [-0.25, -0.2) is 0 Å². The molecule has 19 heavy (non-hydrogen) atoms. The number of hydrogen-bond donors (Lipinski definition) is 0. The first kappa shape index (κ1) is 11.2. The van der Waals surface area contributed by atoms with Crippen molar-refractivity contribution < 1.29 is 0 Å². The first-order valence-electron chi connectivity index (χ1n) is 6.33. The van der Waals surface area contributed by atoms with Crippen LogP contribution >= 0.6 is 22.6 Å². The Balaban J connectivity index is 2.39. The van der Waals surface area contributed by atoms with E-state index in [-0.39, 0.29) is 0 Å². The summed E-state index contributed by atoms with van der Waals surface area (Å²) in [6, 6.07) is 24.0. The van der Waals surface area contributed by atoms with Crippen molar-refractivity contribution in [1.82, 2.24) is 0 Å². The molecule has 0 N–H and O–H groups in total. The summed E-state index contributed by atoms with van der Waals surface area (Å²) < 4.78 is 1.32. The highest BCUT2D eigenvalue weighted by Crippen LogP contribution is 2.34. The van der Waals surface area contributed by atoms with Gasteiger partial charge in [-0.3, -0.25) is 0 Å². The molecule has 1 heteroatoms. The molecule has 0 bridgehead atoms. The van der Waals surface area contributed by atoms with E-state index in [2.05, 4.69) is 89.3 Å². The first-order valence-corrected chi connectivity index (χ1v) is 7.41. The molecule has 0 radical (unpaired) electrons. The van der Waals surface area contributed by atoms with Gasteiger partial charge < -0.3 is 0 Å². The summed E-state index contributed by atoms with van der Waals surface area (Å²) in [6.07, 6.45) is 0. The van der Waals surface area contributed by atoms with Crippen LogP contribution in [0.2, 0.25) is 0 Å². The fraction of sp³-hybridized carbons (Fsp3) is 0. The average Bonchev–Trinajstić information content (AvgIpc) is 2.47. The second-order valence-electron chi connectivity index (χ2n) is 4.79. The molecule has 0 atom stereocenters. The summed E-state index contributed by atoms with van der Waals surface area (Å²) in [4.78, 5) is 0. The third kappa shape index (κ3) is 1.65. The number of benzene rings is 4. The van der Waals surface area contributed by atoms with E-state index in [4.69, 9.17) is 0 Å². The smallest absolute Gasteiger partial charge is 0.0215 e. The van der Waals surface area contributed by atoms with E-state index in [9.17, 15) is 0 Å². The van der Waals surface area contributed by atoms with E-state index < -0.39 is 0 Å². The normalized spacial score (nSPS) is 11.4. The van der Waals surface area contributed by atoms with Gasteiger partial charge >= 0.3 is 0 Å². The minimum Gasteiger partial charge on any atom is -0.0616 e. The third-order valence-electron chi connectivity index (χ3n) is 3.70. The maximum absolute atomic E-state index is 2.43. The maximum atomic E-state index is 2.43. The summed E-state index contributed by atoms with van der Waals surface area (Å²) in [5.74, 6) is 0. The molecule has 0 unspecified atom stereocenters. The van der Waals surface area contributed by atoms with Crippen LogP contribution < -0.4 is 0 Å². The lowest BCUT2D eigenvalue weighted by Gasteiger charge is -2.09. The van der Waals surface area contributed by atoms with Gasteiger partial charge in [0.25, 0.3) is 0 Å². The molecule has 4 aromatic rings. The lowest BCUT2D eigenvalue weighted by atomic mass is 9.97. The van der Waals surface area contributed by atoms with Gasteiger partial charge in [-0.1, -0.05) is 60.7 Å². The van der Waals surface area contributed by atoms with E-state index in [0.29, 0.717) is 0 Å². The number of hydrogen-bond acceptors (Lipinski definition) is 0. The monoisotopic (exact) mass is 354 g/mol. The van der Waals surface area contributed by atoms with Crippen LogP contribution in [0.25, 0.3) is 32.3 Å². The van der Waals surface area contributed by atoms with Crippen LogP contribution in [0.3, 0.4) is 0 Å². The quantitative estimate of drug-likeness (QED) is 0.279. The topological polar surface area (TPSA) is 0 Å². The average molecular weight is 354 g/mol. The summed E-state index contributed by atoms with van der Waals surface area (Å²) in [6.45, 7) is 0. The molecule has 0 saturated heterocycles. The Morgan fingerprint density at radius 2 is 1.21 bits per heavy atom. The molecule has 0 heterocycles. The summed E-state index contributed by atoms with van der Waals surface area (Å²) in [7, 11) is 0.